The summed E-state index contributed by atoms with van der Waals surface area (Å²) in [5.74, 6) is -1.20. The first kappa shape index (κ1) is 11.5. The predicted octanol–water partition coefficient (Wildman–Crippen LogP) is 1.39. The van der Waals surface area contributed by atoms with Crippen LogP contribution in [-0.2, 0) is 11.3 Å². The summed E-state index contributed by atoms with van der Waals surface area (Å²) in [5.41, 5.74) is 12.8. The number of carboxylic acids is 1. The van der Waals surface area contributed by atoms with E-state index in [1.165, 1.54) is 0 Å². The third-order valence-electron chi connectivity index (χ3n) is 2.64. The van der Waals surface area contributed by atoms with Gasteiger partial charge in [-0.05, 0) is 24.4 Å². The molecular weight excluding hydrogens is 238 g/mol. The Bertz CT molecular complexity index is 609. The van der Waals surface area contributed by atoms with Crippen molar-refractivity contribution in [3.05, 3.63) is 28.9 Å². The number of hydrogen-bond acceptors (Lipinski definition) is 4. The number of carboxylic acid groups (broad SMARTS) is 1. The Morgan fingerprint density at radius 3 is 2.82 bits per heavy atom. The maximum atomic E-state index is 10.8. The van der Waals surface area contributed by atoms with Gasteiger partial charge in [-0.2, -0.15) is 0 Å². The van der Waals surface area contributed by atoms with Crippen molar-refractivity contribution in [2.24, 2.45) is 11.5 Å². The molecule has 0 bridgehead atoms. The number of aryl methyl sites for hydroxylation is 1. The zero-order chi connectivity index (χ0) is 12.6. The average molecular weight is 251 g/mol. The lowest BCUT2D eigenvalue weighted by Crippen LogP contribution is -2.18. The van der Waals surface area contributed by atoms with Crippen LogP contribution in [0.2, 0.25) is 0 Å². The van der Waals surface area contributed by atoms with E-state index in [4.69, 9.17) is 16.6 Å². The summed E-state index contributed by atoms with van der Waals surface area (Å²) in [6.45, 7) is 2.69. The van der Waals surface area contributed by atoms with Crippen LogP contribution in [0.3, 0.4) is 0 Å². The molecule has 0 unspecified atom stereocenters. The van der Waals surface area contributed by atoms with Crippen LogP contribution in [0.25, 0.3) is 15.9 Å². The number of carbonyl (C=O) groups is 1. The van der Waals surface area contributed by atoms with Crippen LogP contribution in [0, 0.1) is 0 Å². The van der Waals surface area contributed by atoms with Gasteiger partial charge in [-0.15, -0.1) is 11.3 Å². The summed E-state index contributed by atoms with van der Waals surface area (Å²) in [5, 5.41) is 10.8. The van der Waals surface area contributed by atoms with E-state index in [0.29, 0.717) is 12.2 Å². The van der Waals surface area contributed by atoms with Crippen LogP contribution < -0.4 is 11.5 Å². The van der Waals surface area contributed by atoms with Crippen molar-refractivity contribution >= 4 is 33.2 Å². The SMILES string of the molecule is CCn1c(/C(N)=C(/N)C(=O)O)cc2sccc21. The maximum absolute atomic E-state index is 10.8. The van der Waals surface area contributed by atoms with Gasteiger partial charge in [-0.3, -0.25) is 0 Å². The number of rotatable bonds is 3. The van der Waals surface area contributed by atoms with Gasteiger partial charge >= 0.3 is 5.97 Å². The second-order valence-corrected chi connectivity index (χ2v) is 4.52. The van der Waals surface area contributed by atoms with Crippen molar-refractivity contribution in [3.63, 3.8) is 0 Å². The third-order valence-corrected chi connectivity index (χ3v) is 3.49. The molecule has 0 atom stereocenters. The minimum Gasteiger partial charge on any atom is -0.477 e. The van der Waals surface area contributed by atoms with E-state index in [1.54, 1.807) is 11.3 Å². The molecule has 6 heteroatoms. The lowest BCUT2D eigenvalue weighted by molar-refractivity contribution is -0.132. The Morgan fingerprint density at radius 1 is 1.53 bits per heavy atom. The average Bonchev–Trinajstić information content (AvgIpc) is 2.85. The molecule has 2 aromatic heterocycles. The molecule has 0 aliphatic rings. The van der Waals surface area contributed by atoms with Gasteiger partial charge in [0, 0.05) is 6.54 Å². The molecule has 0 aliphatic heterocycles. The number of aliphatic carboxylic acids is 1. The van der Waals surface area contributed by atoms with E-state index in [9.17, 15) is 4.79 Å². The van der Waals surface area contributed by atoms with E-state index in [-0.39, 0.29) is 11.4 Å². The first-order valence-corrected chi connectivity index (χ1v) is 5.99. The molecule has 0 amide bonds. The summed E-state index contributed by atoms with van der Waals surface area (Å²) in [6.07, 6.45) is 0. The Kier molecular flexibility index (Phi) is 2.81. The number of nitrogens with two attached hydrogens (primary N) is 2. The predicted molar refractivity (Wildman–Crippen MR) is 68.4 cm³/mol. The molecule has 0 saturated carbocycles. The lowest BCUT2D eigenvalue weighted by Gasteiger charge is -2.08. The molecule has 0 aliphatic carbocycles. The standard InChI is InChI=1S/C11H13N3O2S/c1-2-14-6-3-4-17-8(6)5-7(14)9(12)10(13)11(15)16/h3-5H,2,12-13H2,1H3,(H,15,16)/b10-9-. The molecule has 0 fully saturated rings. The first-order valence-electron chi connectivity index (χ1n) is 5.11. The topological polar surface area (TPSA) is 94.3 Å². The van der Waals surface area contributed by atoms with Gasteiger partial charge in [0.15, 0.2) is 0 Å². The van der Waals surface area contributed by atoms with Gasteiger partial charge in [0.25, 0.3) is 0 Å². The fourth-order valence-corrected chi connectivity index (χ4v) is 2.62. The third kappa shape index (κ3) is 1.76. The van der Waals surface area contributed by atoms with Crippen LogP contribution in [-0.4, -0.2) is 15.6 Å². The Hall–Kier alpha value is -1.95. The highest BCUT2D eigenvalue weighted by molar-refractivity contribution is 7.17. The van der Waals surface area contributed by atoms with Crippen molar-refractivity contribution in [2.75, 3.05) is 0 Å². The summed E-state index contributed by atoms with van der Waals surface area (Å²) in [4.78, 5) is 10.8. The van der Waals surface area contributed by atoms with Crippen molar-refractivity contribution < 1.29 is 9.90 Å². The Labute approximate surface area is 102 Å². The molecule has 2 heterocycles. The van der Waals surface area contributed by atoms with E-state index < -0.39 is 5.97 Å². The maximum Gasteiger partial charge on any atom is 0.353 e. The molecule has 0 saturated heterocycles. The van der Waals surface area contributed by atoms with Crippen LogP contribution >= 0.6 is 11.3 Å². The molecule has 2 aromatic rings. The summed E-state index contributed by atoms with van der Waals surface area (Å²) in [6, 6.07) is 3.85. The molecule has 5 nitrogen and oxygen atoms in total. The fraction of sp³-hybridized carbons (Fsp3) is 0.182. The van der Waals surface area contributed by atoms with Crippen molar-refractivity contribution in [2.45, 2.75) is 13.5 Å². The van der Waals surface area contributed by atoms with Crippen molar-refractivity contribution in [1.82, 2.24) is 4.57 Å². The first-order chi connectivity index (χ1) is 8.06. The monoisotopic (exact) mass is 251 g/mol. The molecule has 0 aromatic carbocycles. The summed E-state index contributed by atoms with van der Waals surface area (Å²) >= 11 is 1.59. The molecule has 17 heavy (non-hydrogen) atoms. The minimum atomic E-state index is -1.20. The van der Waals surface area contributed by atoms with Crippen LogP contribution in [0.15, 0.2) is 23.2 Å². The number of thiophene rings is 1. The van der Waals surface area contributed by atoms with E-state index >= 15 is 0 Å². The molecule has 2 rings (SSSR count). The van der Waals surface area contributed by atoms with E-state index in [1.807, 2.05) is 29.0 Å². The van der Waals surface area contributed by atoms with E-state index in [0.717, 1.165) is 10.2 Å². The largest absolute Gasteiger partial charge is 0.477 e. The summed E-state index contributed by atoms with van der Waals surface area (Å²) < 4.78 is 3.03. The van der Waals surface area contributed by atoms with Crippen LogP contribution in [0.1, 0.15) is 12.6 Å². The molecule has 5 N–H and O–H groups in total. The highest BCUT2D eigenvalue weighted by Gasteiger charge is 2.15. The fourth-order valence-electron chi connectivity index (χ4n) is 1.79. The molecule has 90 valence electrons. The van der Waals surface area contributed by atoms with Crippen molar-refractivity contribution in [1.29, 1.82) is 0 Å². The summed E-state index contributed by atoms with van der Waals surface area (Å²) in [7, 11) is 0. The lowest BCUT2D eigenvalue weighted by atomic mass is 10.2. The Balaban J connectivity index is 2.66. The molecular formula is C11H13N3O2S. The molecule has 0 radical (unpaired) electrons. The number of aromatic nitrogens is 1. The molecule has 0 spiro atoms. The smallest absolute Gasteiger partial charge is 0.353 e. The van der Waals surface area contributed by atoms with Gasteiger partial charge in [-0.25, -0.2) is 4.79 Å². The van der Waals surface area contributed by atoms with Gasteiger partial charge < -0.3 is 21.1 Å². The van der Waals surface area contributed by atoms with Gasteiger partial charge in [0.2, 0.25) is 0 Å². The normalized spacial score (nSPS) is 12.8. The number of hydrogen-bond donors (Lipinski definition) is 3. The quantitative estimate of drug-likeness (QED) is 0.718. The van der Waals surface area contributed by atoms with Crippen LogP contribution in [0.5, 0.6) is 0 Å². The number of fused-ring (bicyclic) bond motifs is 1. The highest BCUT2D eigenvalue weighted by atomic mass is 32.1. The van der Waals surface area contributed by atoms with Crippen molar-refractivity contribution in [3.8, 4) is 0 Å². The Morgan fingerprint density at radius 2 is 2.24 bits per heavy atom. The second-order valence-electron chi connectivity index (χ2n) is 3.58. The highest BCUT2D eigenvalue weighted by Crippen LogP contribution is 2.28. The zero-order valence-corrected chi connectivity index (χ0v) is 10.1. The van der Waals surface area contributed by atoms with Gasteiger partial charge in [-0.1, -0.05) is 0 Å². The van der Waals surface area contributed by atoms with Gasteiger partial charge in [0.05, 0.1) is 21.6 Å². The minimum absolute atomic E-state index is 0.114. The zero-order valence-electron chi connectivity index (χ0n) is 9.30. The second kappa shape index (κ2) is 4.14. The number of nitrogens with zero attached hydrogens (tertiary/aromatic N) is 1. The van der Waals surface area contributed by atoms with E-state index in [2.05, 4.69) is 0 Å². The van der Waals surface area contributed by atoms with Crippen LogP contribution in [0.4, 0.5) is 0 Å². The van der Waals surface area contributed by atoms with Gasteiger partial charge in [0.1, 0.15) is 5.70 Å².